The third kappa shape index (κ3) is 7.78. The Morgan fingerprint density at radius 1 is 0.975 bits per heavy atom. The summed E-state index contributed by atoms with van der Waals surface area (Å²) in [6.45, 7) is 0.990. The Labute approximate surface area is 227 Å². The third-order valence-corrected chi connectivity index (χ3v) is 7.20. The van der Waals surface area contributed by atoms with Crippen molar-refractivity contribution in [3.8, 4) is 6.07 Å². The minimum absolute atomic E-state index is 0.0490. The quantitative estimate of drug-likeness (QED) is 0.427. The van der Waals surface area contributed by atoms with Gasteiger partial charge in [-0.15, -0.1) is 0 Å². The van der Waals surface area contributed by atoms with Crippen molar-refractivity contribution in [2.45, 2.75) is 69.1 Å². The van der Waals surface area contributed by atoms with E-state index >= 15 is 0 Å². The van der Waals surface area contributed by atoms with Crippen molar-refractivity contribution in [2.24, 2.45) is 0 Å². The van der Waals surface area contributed by atoms with Gasteiger partial charge in [-0.05, 0) is 68.9 Å². The number of nitriles is 1. The van der Waals surface area contributed by atoms with Gasteiger partial charge in [0.25, 0.3) is 0 Å². The van der Waals surface area contributed by atoms with E-state index < -0.39 is 29.0 Å². The summed E-state index contributed by atoms with van der Waals surface area (Å²) in [7, 11) is 0. The first-order valence-electron chi connectivity index (χ1n) is 13.0. The molecule has 0 atom stereocenters. The van der Waals surface area contributed by atoms with Gasteiger partial charge in [0.1, 0.15) is 12.4 Å². The van der Waals surface area contributed by atoms with Crippen LogP contribution < -0.4 is 15.5 Å². The number of carbonyl (C=O) groups is 1. The molecule has 2 N–H and O–H groups in total. The molecule has 0 unspecified atom stereocenters. The second kappa shape index (κ2) is 12.3. The fraction of sp³-hybridized carbons (Fsp3) is 0.519. The predicted molar refractivity (Wildman–Crippen MR) is 134 cm³/mol. The molecule has 2 fully saturated rings. The van der Waals surface area contributed by atoms with Crippen molar-refractivity contribution < 1.29 is 35.9 Å². The first-order chi connectivity index (χ1) is 18.9. The first-order valence-corrected chi connectivity index (χ1v) is 13.0. The molecule has 216 valence electrons. The predicted octanol–water partition coefficient (Wildman–Crippen LogP) is 5.52. The van der Waals surface area contributed by atoms with E-state index in [2.05, 4.69) is 15.6 Å². The van der Waals surface area contributed by atoms with E-state index in [1.165, 1.54) is 12.1 Å². The molecule has 0 spiro atoms. The molecule has 13 heteroatoms. The van der Waals surface area contributed by atoms with E-state index in [0.29, 0.717) is 63.1 Å². The number of nitrogens with zero attached hydrogens (tertiary/aromatic N) is 3. The van der Waals surface area contributed by atoms with Gasteiger partial charge in [0.2, 0.25) is 5.91 Å². The highest BCUT2D eigenvalue weighted by Crippen LogP contribution is 2.34. The van der Waals surface area contributed by atoms with Crippen LogP contribution in [0.5, 0.6) is 0 Å². The van der Waals surface area contributed by atoms with Crippen molar-refractivity contribution in [2.75, 3.05) is 29.9 Å². The minimum atomic E-state index is -4.62. The topological polar surface area (TPSA) is 90.3 Å². The molecule has 0 radical (unpaired) electrons. The Bertz CT molecular complexity index is 1200. The zero-order valence-corrected chi connectivity index (χ0v) is 21.5. The van der Waals surface area contributed by atoms with Crippen LogP contribution in [0.4, 0.5) is 37.8 Å². The number of carbonyl (C=O) groups excluding carboxylic acids is 1. The maximum Gasteiger partial charge on any atom is 0.417 e. The molecule has 1 aliphatic carbocycles. The van der Waals surface area contributed by atoms with E-state index in [-0.39, 0.29) is 30.7 Å². The van der Waals surface area contributed by atoms with Crippen molar-refractivity contribution >= 4 is 17.4 Å². The number of anilines is 2. The summed E-state index contributed by atoms with van der Waals surface area (Å²) in [6, 6.07) is 7.38. The summed E-state index contributed by atoms with van der Waals surface area (Å²) < 4.78 is 83.6. The fourth-order valence-corrected chi connectivity index (χ4v) is 5.03. The Balaban J connectivity index is 1.15. The molecule has 1 saturated heterocycles. The smallest absolute Gasteiger partial charge is 0.382 e. The molecule has 1 aromatic carbocycles. The van der Waals surface area contributed by atoms with Crippen LogP contribution in [-0.4, -0.2) is 48.8 Å². The van der Waals surface area contributed by atoms with Gasteiger partial charge in [-0.25, -0.2) is 4.98 Å². The summed E-state index contributed by atoms with van der Waals surface area (Å²) in [6.07, 6.45) is -4.52. The van der Waals surface area contributed by atoms with Crippen molar-refractivity contribution in [3.63, 3.8) is 0 Å². The number of ether oxygens (including phenoxy) is 1. The molecule has 4 rings (SSSR count). The summed E-state index contributed by atoms with van der Waals surface area (Å²) in [5, 5.41) is 15.0. The van der Waals surface area contributed by atoms with Crippen molar-refractivity contribution in [1.29, 1.82) is 5.26 Å². The van der Waals surface area contributed by atoms with Gasteiger partial charge < -0.3 is 20.3 Å². The SMILES string of the molecule is N#Cc1ccc(N[C@H]2CC[C@H](OCC(=O)NC3CCN(c4ccc(C(F)(F)F)cn4)CC3)CC2)cc1C(F)(F)F. The molecule has 40 heavy (non-hydrogen) atoms. The number of pyridine rings is 1. The van der Waals surface area contributed by atoms with E-state index in [1.807, 2.05) is 4.90 Å². The van der Waals surface area contributed by atoms with Gasteiger partial charge in [0, 0.05) is 37.1 Å². The van der Waals surface area contributed by atoms with E-state index in [4.69, 9.17) is 10.00 Å². The van der Waals surface area contributed by atoms with Gasteiger partial charge in [-0.1, -0.05) is 0 Å². The minimum Gasteiger partial charge on any atom is -0.382 e. The number of alkyl halides is 6. The van der Waals surface area contributed by atoms with Crippen molar-refractivity contribution in [3.05, 3.63) is 53.2 Å². The van der Waals surface area contributed by atoms with Gasteiger partial charge >= 0.3 is 12.4 Å². The van der Waals surface area contributed by atoms with E-state index in [1.54, 1.807) is 6.07 Å². The summed E-state index contributed by atoms with van der Waals surface area (Å²) in [5.41, 5.74) is -1.88. The zero-order chi connectivity index (χ0) is 28.9. The molecule has 1 aromatic heterocycles. The van der Waals surface area contributed by atoms with Gasteiger partial charge in [-0.3, -0.25) is 4.79 Å². The van der Waals surface area contributed by atoms with Crippen LogP contribution >= 0.6 is 0 Å². The van der Waals surface area contributed by atoms with Crippen LogP contribution in [0, 0.1) is 11.3 Å². The lowest BCUT2D eigenvalue weighted by Gasteiger charge is -2.33. The number of aromatic nitrogens is 1. The molecule has 2 aromatic rings. The van der Waals surface area contributed by atoms with Crippen molar-refractivity contribution in [1.82, 2.24) is 10.3 Å². The van der Waals surface area contributed by atoms with Crippen LogP contribution in [0.25, 0.3) is 0 Å². The highest BCUT2D eigenvalue weighted by atomic mass is 19.4. The molecule has 1 amide bonds. The summed E-state index contributed by atoms with van der Waals surface area (Å²) in [4.78, 5) is 18.2. The number of piperidine rings is 1. The standard InChI is InChI=1S/C27H29F6N5O2/c28-26(29,30)18-2-8-24(35-15-18)38-11-9-20(10-12-38)37-25(39)16-40-22-6-4-19(5-7-22)36-21-3-1-17(14-34)23(13-21)27(31,32)33/h1-3,8,13,15,19-20,22,36H,4-7,9-12,16H2,(H,37,39)/t19-,22-. The average molecular weight is 570 g/mol. The fourth-order valence-electron chi connectivity index (χ4n) is 5.03. The molecule has 1 saturated carbocycles. The molecular weight excluding hydrogens is 540 g/mol. The number of hydrogen-bond acceptors (Lipinski definition) is 6. The van der Waals surface area contributed by atoms with Gasteiger partial charge in [-0.2, -0.15) is 31.6 Å². The Hall–Kier alpha value is -3.53. The average Bonchev–Trinajstić information content (AvgIpc) is 2.92. The lowest BCUT2D eigenvalue weighted by atomic mass is 9.92. The summed E-state index contributed by atoms with van der Waals surface area (Å²) in [5.74, 6) is 0.217. The highest BCUT2D eigenvalue weighted by Gasteiger charge is 2.34. The van der Waals surface area contributed by atoms with Crippen LogP contribution in [0.2, 0.25) is 0 Å². The van der Waals surface area contributed by atoms with Crippen LogP contribution in [-0.2, 0) is 21.9 Å². The van der Waals surface area contributed by atoms with Gasteiger partial charge in [0.15, 0.2) is 0 Å². The first kappa shape index (κ1) is 29.5. The van der Waals surface area contributed by atoms with E-state index in [9.17, 15) is 31.1 Å². The molecule has 1 aliphatic heterocycles. The maximum absolute atomic E-state index is 13.2. The Kier molecular flexibility index (Phi) is 9.08. The molecule has 7 nitrogen and oxygen atoms in total. The molecule has 0 bridgehead atoms. The number of hydrogen-bond donors (Lipinski definition) is 2. The van der Waals surface area contributed by atoms with Gasteiger partial charge in [0.05, 0.1) is 28.9 Å². The molecule has 2 heterocycles. The second-order valence-electron chi connectivity index (χ2n) is 10.0. The Morgan fingerprint density at radius 2 is 1.68 bits per heavy atom. The number of rotatable bonds is 7. The maximum atomic E-state index is 13.2. The summed E-state index contributed by atoms with van der Waals surface area (Å²) >= 11 is 0. The lowest BCUT2D eigenvalue weighted by Crippen LogP contribution is -2.46. The monoisotopic (exact) mass is 569 g/mol. The van der Waals surface area contributed by atoms with E-state index in [0.717, 1.165) is 24.4 Å². The number of amides is 1. The van der Waals surface area contributed by atoms with Crippen LogP contribution in [0.15, 0.2) is 36.5 Å². The number of benzene rings is 1. The number of nitrogens with one attached hydrogen (secondary N) is 2. The normalized spacial score (nSPS) is 20.6. The highest BCUT2D eigenvalue weighted by molar-refractivity contribution is 5.77. The van der Waals surface area contributed by atoms with Crippen LogP contribution in [0.1, 0.15) is 55.2 Å². The lowest BCUT2D eigenvalue weighted by molar-refractivity contribution is -0.138. The molecular formula is C27H29F6N5O2. The molecule has 2 aliphatic rings. The third-order valence-electron chi connectivity index (χ3n) is 7.20. The second-order valence-corrected chi connectivity index (χ2v) is 10.0. The zero-order valence-electron chi connectivity index (χ0n) is 21.5. The number of halogens is 6. The Morgan fingerprint density at radius 3 is 2.25 bits per heavy atom. The largest absolute Gasteiger partial charge is 0.417 e. The van der Waals surface area contributed by atoms with Crippen LogP contribution in [0.3, 0.4) is 0 Å².